The number of quaternary nitrogens is 2. The van der Waals surface area contributed by atoms with Crippen LogP contribution < -0.4 is 29.1 Å². The molecule has 0 aliphatic carbocycles. The lowest BCUT2D eigenvalue weighted by atomic mass is 9.84. The fourth-order valence-electron chi connectivity index (χ4n) is 8.47. The lowest BCUT2D eigenvalue weighted by Gasteiger charge is -2.38. The van der Waals surface area contributed by atoms with Crippen molar-refractivity contribution < 1.29 is 39.5 Å². The van der Waals surface area contributed by atoms with Gasteiger partial charge in [0, 0.05) is 46.5 Å². The van der Waals surface area contributed by atoms with Gasteiger partial charge in [-0.1, -0.05) is 123 Å². The smallest absolute Gasteiger partial charge is 0.196 e. The average molecular weight is 981 g/mol. The molecule has 2 radical (unpaired) electrons. The van der Waals surface area contributed by atoms with Crippen LogP contribution in [0.15, 0.2) is 72.8 Å². The summed E-state index contributed by atoms with van der Waals surface area (Å²) in [5.74, 6) is 22.3. The molecule has 384 valence electrons. The highest BCUT2D eigenvalue weighted by Crippen LogP contribution is 2.39. The molecule has 4 unspecified atom stereocenters. The topological polar surface area (TPSA) is 138 Å². The van der Waals surface area contributed by atoms with Crippen LogP contribution in [0, 0.1) is 45.9 Å². The molecule has 0 bridgehead atoms. The van der Waals surface area contributed by atoms with Crippen molar-refractivity contribution >= 4 is 0 Å². The number of benzene rings is 4. The number of unbranched alkanes of at least 4 members (excludes halogenated alkanes) is 4. The van der Waals surface area contributed by atoms with E-state index in [1.165, 1.54) is 0 Å². The van der Waals surface area contributed by atoms with E-state index in [4.69, 9.17) is 18.9 Å². The summed E-state index contributed by atoms with van der Waals surface area (Å²) in [5, 5.41) is 55.3. The third-order valence-electron chi connectivity index (χ3n) is 15.0. The Morgan fingerprint density at radius 3 is 0.917 bits per heavy atom. The number of nitrogens with one attached hydrogen (secondary N) is 2. The van der Waals surface area contributed by atoms with Crippen LogP contribution in [0.25, 0.3) is 0 Å². The number of ether oxygens (including phenoxy) is 4. The molecule has 12 heteroatoms. The Morgan fingerprint density at radius 2 is 0.694 bits per heavy atom. The monoisotopic (exact) mass is 981 g/mol. The van der Waals surface area contributed by atoms with E-state index in [0.29, 0.717) is 82.8 Å². The molecule has 4 atom stereocenters. The predicted octanol–water partition coefficient (Wildman–Crippen LogP) is 9.80. The third kappa shape index (κ3) is 11.9. The maximum Gasteiger partial charge on any atom is 0.196 e. The summed E-state index contributed by atoms with van der Waals surface area (Å²) in [6.45, 7) is 25.1. The van der Waals surface area contributed by atoms with Crippen molar-refractivity contribution in [2.75, 3.05) is 26.4 Å². The van der Waals surface area contributed by atoms with Crippen LogP contribution in [-0.2, 0) is 10.4 Å². The van der Waals surface area contributed by atoms with E-state index in [1.54, 1.807) is 0 Å². The van der Waals surface area contributed by atoms with E-state index in [2.05, 4.69) is 63.2 Å². The summed E-state index contributed by atoms with van der Waals surface area (Å²) in [5.41, 5.74) is 2.00. The number of hydrogen-bond donors (Lipinski definition) is 2. The molecule has 2 aliphatic rings. The first-order chi connectivity index (χ1) is 34.2. The fraction of sp³-hybridized carbons (Fsp3) is 0.500. The van der Waals surface area contributed by atoms with Crippen molar-refractivity contribution in [3.8, 4) is 58.5 Å². The van der Waals surface area contributed by atoms with Gasteiger partial charge in [0.25, 0.3) is 0 Å². The second-order valence-corrected chi connectivity index (χ2v) is 21.0. The van der Waals surface area contributed by atoms with Gasteiger partial charge >= 0.3 is 0 Å². The second-order valence-electron chi connectivity index (χ2n) is 21.0. The quantitative estimate of drug-likeness (QED) is 0.0571. The Balaban J connectivity index is 1.37. The van der Waals surface area contributed by atoms with E-state index >= 15 is 0 Å². The first-order valence-electron chi connectivity index (χ1n) is 25.9. The van der Waals surface area contributed by atoms with Gasteiger partial charge in [0.1, 0.15) is 45.2 Å². The first-order valence-corrected chi connectivity index (χ1v) is 25.9. The summed E-state index contributed by atoms with van der Waals surface area (Å²) < 4.78 is 25.6. The van der Waals surface area contributed by atoms with Gasteiger partial charge in [-0.25, -0.2) is 0 Å². The molecule has 4 aromatic rings. The van der Waals surface area contributed by atoms with Crippen LogP contribution in [0.1, 0.15) is 191 Å². The van der Waals surface area contributed by atoms with Crippen molar-refractivity contribution in [3.05, 3.63) is 128 Å². The molecule has 72 heavy (non-hydrogen) atoms. The summed E-state index contributed by atoms with van der Waals surface area (Å²) in [6, 6.07) is 22.2. The largest absolute Gasteiger partial charge is 0.632 e. The standard InChI is InChI=1S/C60H76N4O8/c1-13-17-35-69-51-41-49(53(71-37-19-15-3)39-47(51)31-25-43-21-27-45(28-22-43)55-61(65)57(5,6)58(7,8)62(55)66)33-34-50-42-52(70-36-18-14-2)48(40-54(50)72-38-20-16-4)32-26-44-23-29-46(30-24-44)56-63(67)59(9,10)60(11,12)64(56)68/h21-24,27-30,39-42,55-56,61,63H,13-20,35-38H2,1-12H3. The van der Waals surface area contributed by atoms with Gasteiger partial charge in [0.2, 0.25) is 0 Å². The minimum atomic E-state index is -0.875. The van der Waals surface area contributed by atoms with Crippen molar-refractivity contribution in [1.82, 2.24) is 10.1 Å². The van der Waals surface area contributed by atoms with E-state index in [1.807, 2.05) is 128 Å². The highest BCUT2D eigenvalue weighted by Gasteiger charge is 2.61. The maximum absolute atomic E-state index is 13.4. The van der Waals surface area contributed by atoms with Crippen molar-refractivity contribution in [3.63, 3.8) is 0 Å². The number of rotatable bonds is 18. The van der Waals surface area contributed by atoms with Crippen molar-refractivity contribution in [2.45, 2.75) is 169 Å². The van der Waals surface area contributed by atoms with Gasteiger partial charge in [-0.3, -0.25) is 0 Å². The van der Waals surface area contributed by atoms with Crippen LogP contribution in [-0.4, -0.2) is 58.7 Å². The lowest BCUT2D eigenvalue weighted by Crippen LogP contribution is -3.14. The summed E-state index contributed by atoms with van der Waals surface area (Å²) in [7, 11) is 0. The fourth-order valence-corrected chi connectivity index (χ4v) is 8.47. The van der Waals surface area contributed by atoms with Gasteiger partial charge in [-0.05, 0) is 105 Å². The highest BCUT2D eigenvalue weighted by atomic mass is 16.6. The maximum atomic E-state index is 13.4. The van der Waals surface area contributed by atoms with Gasteiger partial charge in [-0.15, -0.1) is 10.4 Å². The molecule has 0 spiro atoms. The minimum absolute atomic E-state index is 0.0931. The van der Waals surface area contributed by atoms with Crippen LogP contribution in [0.2, 0.25) is 0 Å². The summed E-state index contributed by atoms with van der Waals surface area (Å²) in [6.07, 6.45) is 5.46. The number of hydroxylamine groups is 8. The molecule has 0 amide bonds. The van der Waals surface area contributed by atoms with Crippen molar-refractivity contribution in [1.29, 1.82) is 0 Å². The van der Waals surface area contributed by atoms with E-state index < -0.39 is 34.5 Å². The molecule has 0 saturated carbocycles. The van der Waals surface area contributed by atoms with Gasteiger partial charge in [0.05, 0.1) is 48.7 Å². The molecule has 12 nitrogen and oxygen atoms in total. The molecule has 2 aliphatic heterocycles. The molecule has 2 N–H and O–H groups in total. The number of hydrogen-bond acceptors (Lipinski definition) is 8. The number of nitrogens with zero attached hydrogens (tertiary/aromatic N) is 2. The first kappa shape index (κ1) is 55.7. The van der Waals surface area contributed by atoms with Crippen molar-refractivity contribution in [2.24, 2.45) is 0 Å². The van der Waals surface area contributed by atoms with Gasteiger partial charge in [0.15, 0.2) is 12.3 Å². The molecular formula is C60H76N4O8. The van der Waals surface area contributed by atoms with E-state index in [9.17, 15) is 20.8 Å². The normalized spacial score (nSPS) is 20.6. The molecule has 6 rings (SSSR count). The van der Waals surface area contributed by atoms with Crippen LogP contribution >= 0.6 is 0 Å². The summed E-state index contributed by atoms with van der Waals surface area (Å²) >= 11 is 0. The SMILES string of the molecule is CCCCOc1cc(C#Cc2cc(OCCCC)c(C#Cc3ccc(C4N([O])C(C)(C)C(C)(C)[NH+]4[O-])cc3)cc2OCCCC)c(OCCCC)cc1C#Cc1ccc(C2N([O])C(C)(C)C(C)(C)[NH+]2[O-])cc1. The zero-order valence-corrected chi connectivity index (χ0v) is 44.7. The zero-order chi connectivity index (χ0) is 52.4. The predicted molar refractivity (Wildman–Crippen MR) is 281 cm³/mol. The highest BCUT2D eigenvalue weighted by molar-refractivity contribution is 5.64. The molecular weight excluding hydrogens is 905 g/mol. The molecule has 2 saturated heterocycles. The second kappa shape index (κ2) is 24.0. The van der Waals surface area contributed by atoms with Gasteiger partial charge in [-0.2, -0.15) is 0 Å². The van der Waals surface area contributed by atoms with E-state index in [0.717, 1.165) is 72.6 Å². The van der Waals surface area contributed by atoms with Crippen LogP contribution in [0.5, 0.6) is 23.0 Å². The summed E-state index contributed by atoms with van der Waals surface area (Å²) in [4.78, 5) is 0. The minimum Gasteiger partial charge on any atom is -0.632 e. The van der Waals surface area contributed by atoms with E-state index in [-0.39, 0.29) is 10.1 Å². The lowest BCUT2D eigenvalue weighted by molar-refractivity contribution is -0.926. The zero-order valence-electron chi connectivity index (χ0n) is 44.7. The van der Waals surface area contributed by atoms with Crippen LogP contribution in [0.4, 0.5) is 0 Å². The van der Waals surface area contributed by atoms with Gasteiger partial charge < -0.3 is 39.5 Å². The Labute approximate surface area is 429 Å². The third-order valence-corrected chi connectivity index (χ3v) is 15.0. The average Bonchev–Trinajstić information content (AvgIpc) is 3.55. The molecule has 2 fully saturated rings. The Hall–Kier alpha value is -5.56. The Morgan fingerprint density at radius 1 is 0.444 bits per heavy atom. The molecule has 4 aromatic carbocycles. The molecule has 0 aromatic heterocycles. The molecule has 2 heterocycles. The van der Waals surface area contributed by atoms with Crippen LogP contribution in [0.3, 0.4) is 0 Å². The Bertz CT molecular complexity index is 2440. The Kier molecular flexibility index (Phi) is 18.6.